The van der Waals surface area contributed by atoms with Gasteiger partial charge in [0.05, 0.1) is 11.0 Å². The maximum absolute atomic E-state index is 6.05. The van der Waals surface area contributed by atoms with Crippen LogP contribution in [0.4, 0.5) is 34.6 Å². The van der Waals surface area contributed by atoms with Gasteiger partial charge >= 0.3 is 0 Å². The van der Waals surface area contributed by atoms with Crippen LogP contribution in [-0.4, -0.2) is 78.3 Å². The Balaban J connectivity index is 0.000000172. The quantitative estimate of drug-likeness (QED) is 0.0473. The number of nitrogens with zero attached hydrogens (tertiary/aromatic N) is 9. The molecular formula is C52H51N15O2. The van der Waals surface area contributed by atoms with Crippen LogP contribution >= 0.6 is 0 Å². The summed E-state index contributed by atoms with van der Waals surface area (Å²) in [6, 6.07) is 46.9. The fraction of sp³-hybridized carbons (Fsp3) is 0.115. The minimum Gasteiger partial charge on any atom is -0.439 e. The molecule has 0 atom stereocenters. The van der Waals surface area contributed by atoms with E-state index in [0.717, 1.165) is 69.3 Å². The maximum atomic E-state index is 6.05. The topological polar surface area (TPSA) is 223 Å². The Hall–Kier alpha value is -8.90. The van der Waals surface area contributed by atoms with E-state index in [-0.39, 0.29) is 0 Å². The molecule has 0 aliphatic carbocycles. The summed E-state index contributed by atoms with van der Waals surface area (Å²) in [5, 5.41) is 11.8. The van der Waals surface area contributed by atoms with Gasteiger partial charge in [0.1, 0.15) is 23.1 Å². The van der Waals surface area contributed by atoms with Crippen LogP contribution in [0.3, 0.4) is 0 Å². The van der Waals surface area contributed by atoms with E-state index in [1.165, 1.54) is 0 Å². The Labute approximate surface area is 398 Å². The third-order valence-corrected chi connectivity index (χ3v) is 10.7. The van der Waals surface area contributed by atoms with Crippen LogP contribution in [0.15, 0.2) is 183 Å². The first-order valence-corrected chi connectivity index (χ1v) is 22.4. The van der Waals surface area contributed by atoms with Crippen LogP contribution in [0.25, 0.3) is 33.4 Å². The summed E-state index contributed by atoms with van der Waals surface area (Å²) in [4.78, 5) is 28.7. The molecule has 6 aromatic heterocycles. The Morgan fingerprint density at radius 2 is 1.01 bits per heavy atom. The third-order valence-electron chi connectivity index (χ3n) is 10.7. The fourth-order valence-corrected chi connectivity index (χ4v) is 7.56. The molecule has 0 amide bonds. The number of nitrogens with two attached hydrogens (primary N) is 3. The van der Waals surface area contributed by atoms with Crippen molar-refractivity contribution in [2.75, 3.05) is 60.1 Å². The predicted octanol–water partition coefficient (Wildman–Crippen LogP) is 8.80. The third kappa shape index (κ3) is 11.6. The second-order valence-electron chi connectivity index (χ2n) is 15.5. The molecule has 0 bridgehead atoms. The number of pyridine rings is 2. The maximum Gasteiger partial charge on any atom is 0.230 e. The molecule has 6 heterocycles. The molecule has 0 saturated heterocycles. The minimum atomic E-state index is 0.441. The van der Waals surface area contributed by atoms with Crippen LogP contribution in [-0.2, 0) is 0 Å². The molecule has 0 radical (unpaired) electrons. The lowest BCUT2D eigenvalue weighted by Crippen LogP contribution is -2.33. The molecule has 9 N–H and O–H groups in total. The Morgan fingerprint density at radius 3 is 1.54 bits per heavy atom. The monoisotopic (exact) mass is 917 g/mol. The number of benzene rings is 4. The molecule has 0 fully saturated rings. The van der Waals surface area contributed by atoms with Crippen LogP contribution < -0.4 is 47.5 Å². The van der Waals surface area contributed by atoms with Crippen molar-refractivity contribution in [3.8, 4) is 34.9 Å². The highest BCUT2D eigenvalue weighted by atomic mass is 16.5. The summed E-state index contributed by atoms with van der Waals surface area (Å²) in [5.74, 6) is 4.91. The van der Waals surface area contributed by atoms with E-state index in [1.807, 2.05) is 155 Å². The molecule has 69 heavy (non-hydrogen) atoms. The largest absolute Gasteiger partial charge is 0.439 e. The number of anilines is 6. The van der Waals surface area contributed by atoms with E-state index in [4.69, 9.17) is 26.7 Å². The van der Waals surface area contributed by atoms with Crippen LogP contribution in [0.5, 0.6) is 23.3 Å². The van der Waals surface area contributed by atoms with Crippen molar-refractivity contribution < 1.29 is 9.47 Å². The molecule has 17 heteroatoms. The summed E-state index contributed by atoms with van der Waals surface area (Å²) < 4.78 is 16.2. The molecule has 0 saturated carbocycles. The Bertz CT molecular complexity index is 3230. The average Bonchev–Trinajstić information content (AvgIpc) is 4.01. The van der Waals surface area contributed by atoms with Crippen molar-refractivity contribution >= 4 is 56.5 Å². The van der Waals surface area contributed by atoms with Gasteiger partial charge in [-0.15, -0.1) is 0 Å². The zero-order valence-corrected chi connectivity index (χ0v) is 37.6. The molecule has 346 valence electrons. The molecule has 17 nitrogen and oxygen atoms in total. The number of fused-ring (bicyclic) bond motifs is 2. The van der Waals surface area contributed by atoms with E-state index < -0.39 is 0 Å². The van der Waals surface area contributed by atoms with Crippen molar-refractivity contribution in [3.05, 3.63) is 183 Å². The molecule has 0 spiro atoms. The standard InChI is InChI=1S/C27H28N8O.C25H23N7O/c28-11-16-34(17-12-29)22-5-3-4-21(19-22)32-27-31-14-9-26(33-27)36-23-7-8-24-20(18-23)10-15-35(24)25-6-1-2-13-30-25;26-11-14-27-19-4-3-5-20(17-19)30-25-29-13-9-24(31-25)33-21-7-8-22-18(16-21)10-15-32(22)23-6-1-2-12-28-23/h1-10,13-15,18-19H,11-12,16-17,28-29H2,(H,31,32,33);1-10,12-13,15-17,27H,11,14,26H2,(H,29,30,31). The Kier molecular flexibility index (Phi) is 14.5. The first kappa shape index (κ1) is 45.3. The average molecular weight is 918 g/mol. The molecule has 4 aromatic carbocycles. The summed E-state index contributed by atoms with van der Waals surface area (Å²) in [5.41, 5.74) is 22.9. The number of nitrogens with one attached hydrogen (secondary N) is 3. The Morgan fingerprint density at radius 1 is 0.478 bits per heavy atom. The summed E-state index contributed by atoms with van der Waals surface area (Å²) >= 11 is 0. The van der Waals surface area contributed by atoms with E-state index in [0.29, 0.717) is 61.3 Å². The molecule has 0 aliphatic heterocycles. The lowest BCUT2D eigenvalue weighted by molar-refractivity contribution is 0.463. The van der Waals surface area contributed by atoms with Gasteiger partial charge in [-0.1, -0.05) is 24.3 Å². The molecule has 0 unspecified atom stereocenters. The second kappa shape index (κ2) is 22.1. The van der Waals surface area contributed by atoms with Crippen LogP contribution in [0.1, 0.15) is 0 Å². The number of aromatic nitrogens is 8. The van der Waals surface area contributed by atoms with Crippen LogP contribution in [0.2, 0.25) is 0 Å². The van der Waals surface area contributed by atoms with Gasteiger partial charge in [0.2, 0.25) is 23.7 Å². The van der Waals surface area contributed by atoms with Gasteiger partial charge in [-0.25, -0.2) is 19.9 Å². The van der Waals surface area contributed by atoms with Gasteiger partial charge < -0.3 is 56.7 Å². The molecule has 10 aromatic rings. The minimum absolute atomic E-state index is 0.441. The first-order chi connectivity index (χ1) is 34.0. The van der Waals surface area contributed by atoms with Gasteiger partial charge in [-0.2, -0.15) is 9.97 Å². The van der Waals surface area contributed by atoms with Crippen molar-refractivity contribution in [2.24, 2.45) is 17.2 Å². The second-order valence-corrected chi connectivity index (χ2v) is 15.5. The van der Waals surface area contributed by atoms with Crippen molar-refractivity contribution in [3.63, 3.8) is 0 Å². The highest BCUT2D eigenvalue weighted by Crippen LogP contribution is 2.30. The van der Waals surface area contributed by atoms with Gasteiger partial charge in [-0.3, -0.25) is 0 Å². The zero-order valence-electron chi connectivity index (χ0n) is 37.6. The van der Waals surface area contributed by atoms with Gasteiger partial charge in [0.15, 0.2) is 0 Å². The predicted molar refractivity (Wildman–Crippen MR) is 274 cm³/mol. The van der Waals surface area contributed by atoms with Crippen LogP contribution in [0, 0.1) is 0 Å². The highest BCUT2D eigenvalue weighted by molar-refractivity contribution is 5.84. The van der Waals surface area contributed by atoms with E-state index >= 15 is 0 Å². The molecule has 0 aliphatic rings. The SMILES string of the molecule is NCCN(CCN)c1cccc(Nc2nccc(Oc3ccc4c(ccn4-c4ccccn4)c3)n2)c1.NCCNc1cccc(Nc2nccc(Oc3ccc4c(ccn4-c4ccccn4)c3)n2)c1. The summed E-state index contributed by atoms with van der Waals surface area (Å²) in [6.45, 7) is 3.85. The smallest absolute Gasteiger partial charge is 0.230 e. The molecule has 10 rings (SSSR count). The van der Waals surface area contributed by atoms with Crippen molar-refractivity contribution in [1.82, 2.24) is 39.0 Å². The lowest BCUT2D eigenvalue weighted by atomic mass is 10.2. The van der Waals surface area contributed by atoms with E-state index in [1.54, 1.807) is 36.9 Å². The van der Waals surface area contributed by atoms with Crippen molar-refractivity contribution in [1.29, 1.82) is 0 Å². The number of hydrogen-bond donors (Lipinski definition) is 6. The van der Waals surface area contributed by atoms with Gasteiger partial charge in [0, 0.05) is 122 Å². The summed E-state index contributed by atoms with van der Waals surface area (Å²) in [6.07, 6.45) is 10.9. The lowest BCUT2D eigenvalue weighted by Gasteiger charge is -2.24. The van der Waals surface area contributed by atoms with Gasteiger partial charge in [0.25, 0.3) is 0 Å². The van der Waals surface area contributed by atoms with Gasteiger partial charge in [-0.05, 0) is 109 Å². The number of hydrogen-bond acceptors (Lipinski definition) is 15. The first-order valence-electron chi connectivity index (χ1n) is 22.4. The highest BCUT2D eigenvalue weighted by Gasteiger charge is 2.11. The number of ether oxygens (including phenoxy) is 2. The molecular weight excluding hydrogens is 867 g/mol. The summed E-state index contributed by atoms with van der Waals surface area (Å²) in [7, 11) is 0. The normalized spacial score (nSPS) is 10.9. The van der Waals surface area contributed by atoms with Crippen molar-refractivity contribution in [2.45, 2.75) is 0 Å². The number of rotatable bonds is 18. The zero-order chi connectivity index (χ0) is 47.2. The fourth-order valence-electron chi connectivity index (χ4n) is 7.56. The van der Waals surface area contributed by atoms with E-state index in [2.05, 4.69) is 50.8 Å². The van der Waals surface area contributed by atoms with E-state index in [9.17, 15) is 0 Å².